The highest BCUT2D eigenvalue weighted by Crippen LogP contribution is 2.46. The Hall–Kier alpha value is -3.94. The Labute approximate surface area is 221 Å². The van der Waals surface area contributed by atoms with Crippen molar-refractivity contribution in [3.05, 3.63) is 83.2 Å². The lowest BCUT2D eigenvalue weighted by Gasteiger charge is -2.43. The summed E-state index contributed by atoms with van der Waals surface area (Å²) >= 11 is 0. The van der Waals surface area contributed by atoms with Crippen molar-refractivity contribution in [3.8, 4) is 5.75 Å². The van der Waals surface area contributed by atoms with E-state index in [9.17, 15) is 14.3 Å². The van der Waals surface area contributed by atoms with Gasteiger partial charge in [0.1, 0.15) is 29.8 Å². The van der Waals surface area contributed by atoms with Crippen LogP contribution in [0.2, 0.25) is 0 Å². The molecular formula is C30H31F2N3O3. The second kappa shape index (κ2) is 10.8. The summed E-state index contributed by atoms with van der Waals surface area (Å²) in [5.41, 5.74) is 3.98. The number of aliphatic imine (C=N–C) groups is 1. The summed E-state index contributed by atoms with van der Waals surface area (Å²) in [5.74, 6) is -0.503. The van der Waals surface area contributed by atoms with E-state index in [1.54, 1.807) is 30.3 Å². The summed E-state index contributed by atoms with van der Waals surface area (Å²) in [7, 11) is 1.52. The van der Waals surface area contributed by atoms with Gasteiger partial charge in [0.2, 0.25) is 0 Å². The number of carboxylic acids is 1. The second-order valence-corrected chi connectivity index (χ2v) is 9.87. The fourth-order valence-electron chi connectivity index (χ4n) is 5.56. The summed E-state index contributed by atoms with van der Waals surface area (Å²) in [6.07, 6.45) is 1.22. The molecule has 38 heavy (non-hydrogen) atoms. The van der Waals surface area contributed by atoms with Crippen molar-refractivity contribution in [3.63, 3.8) is 0 Å². The van der Waals surface area contributed by atoms with Gasteiger partial charge in [-0.15, -0.1) is 0 Å². The Morgan fingerprint density at radius 2 is 1.87 bits per heavy atom. The molecule has 2 heterocycles. The molecule has 1 fully saturated rings. The zero-order chi connectivity index (χ0) is 26.8. The standard InChI is InChI=1S/C30H31F2N3O3/c1-19-5-3-6-22(15-19)34-13-11-21(12-14-34)30-33-29-23(7-4-8-24(29)32)25(17-28(36)37)35(30)26-16-20(18-31)9-10-27(26)38-2/h3-10,15-16,21,25H,11-14,17-18H2,1-2H3,(H,36,37). The number of methoxy groups -OCH3 is 1. The number of ether oxygens (including phenoxy) is 1. The molecule has 0 radical (unpaired) electrons. The predicted molar refractivity (Wildman–Crippen MR) is 145 cm³/mol. The zero-order valence-corrected chi connectivity index (χ0v) is 21.5. The third-order valence-electron chi connectivity index (χ3n) is 7.41. The normalized spacial score (nSPS) is 17.7. The van der Waals surface area contributed by atoms with E-state index >= 15 is 4.39 Å². The number of amidine groups is 1. The average molecular weight is 520 g/mol. The molecule has 0 bridgehead atoms. The van der Waals surface area contributed by atoms with Crippen LogP contribution in [0.5, 0.6) is 5.75 Å². The van der Waals surface area contributed by atoms with Gasteiger partial charge >= 0.3 is 5.97 Å². The molecule has 1 N–H and O–H groups in total. The number of rotatable bonds is 7. The first-order chi connectivity index (χ1) is 18.4. The molecule has 6 nitrogen and oxygen atoms in total. The Kier molecular flexibility index (Phi) is 7.31. The molecule has 0 spiro atoms. The SMILES string of the molecule is COc1ccc(CF)cc1N1C(C2CCN(c3cccc(C)c3)CC2)=Nc2c(F)cccc2C1CC(=O)O. The van der Waals surface area contributed by atoms with Crippen LogP contribution in [0.1, 0.15) is 42.0 Å². The number of hydrogen-bond donors (Lipinski definition) is 1. The Bertz CT molecular complexity index is 1370. The lowest BCUT2D eigenvalue weighted by molar-refractivity contribution is -0.137. The highest BCUT2D eigenvalue weighted by molar-refractivity contribution is 6.05. The first kappa shape index (κ1) is 25.7. The Morgan fingerprint density at radius 1 is 1.11 bits per heavy atom. The number of piperidine rings is 1. The van der Waals surface area contributed by atoms with Crippen molar-refractivity contribution in [1.29, 1.82) is 0 Å². The van der Waals surface area contributed by atoms with Crippen molar-refractivity contribution in [2.24, 2.45) is 10.9 Å². The van der Waals surface area contributed by atoms with E-state index in [1.807, 2.05) is 11.0 Å². The van der Waals surface area contributed by atoms with Gasteiger partial charge in [0.15, 0.2) is 0 Å². The molecule has 5 rings (SSSR count). The molecule has 3 aromatic carbocycles. The third-order valence-corrected chi connectivity index (χ3v) is 7.41. The smallest absolute Gasteiger partial charge is 0.305 e. The van der Waals surface area contributed by atoms with Crippen LogP contribution in [-0.2, 0) is 11.5 Å². The fraction of sp³-hybridized carbons (Fsp3) is 0.333. The van der Waals surface area contributed by atoms with Gasteiger partial charge in [0, 0.05) is 30.3 Å². The molecule has 1 saturated heterocycles. The number of hydrogen-bond acceptors (Lipinski definition) is 5. The van der Waals surface area contributed by atoms with E-state index in [-0.39, 0.29) is 18.0 Å². The maximum absolute atomic E-state index is 15.1. The number of para-hydroxylation sites is 1. The molecule has 198 valence electrons. The molecule has 0 amide bonds. The minimum Gasteiger partial charge on any atom is -0.495 e. The molecule has 2 aliphatic heterocycles. The summed E-state index contributed by atoms with van der Waals surface area (Å²) in [4.78, 5) is 21.1. The van der Waals surface area contributed by atoms with Gasteiger partial charge in [-0.3, -0.25) is 4.79 Å². The van der Waals surface area contributed by atoms with Gasteiger partial charge in [0.05, 0.1) is 25.3 Å². The van der Waals surface area contributed by atoms with Crippen LogP contribution in [0.3, 0.4) is 0 Å². The lowest BCUT2D eigenvalue weighted by Crippen LogP contribution is -2.46. The second-order valence-electron chi connectivity index (χ2n) is 9.87. The van der Waals surface area contributed by atoms with E-state index in [0.717, 1.165) is 31.6 Å². The molecule has 2 aliphatic rings. The van der Waals surface area contributed by atoms with Crippen LogP contribution in [0.25, 0.3) is 0 Å². The number of fused-ring (bicyclic) bond motifs is 1. The maximum atomic E-state index is 15.1. The first-order valence-electron chi connectivity index (χ1n) is 12.8. The first-order valence-corrected chi connectivity index (χ1v) is 12.8. The Morgan fingerprint density at radius 3 is 2.55 bits per heavy atom. The minimum absolute atomic E-state index is 0.0566. The number of aryl methyl sites for hydroxylation is 1. The van der Waals surface area contributed by atoms with E-state index in [2.05, 4.69) is 30.0 Å². The summed E-state index contributed by atoms with van der Waals surface area (Å²) < 4.78 is 34.5. The number of carbonyl (C=O) groups is 1. The Balaban J connectivity index is 1.59. The van der Waals surface area contributed by atoms with E-state index < -0.39 is 24.5 Å². The highest BCUT2D eigenvalue weighted by Gasteiger charge is 2.39. The molecule has 0 aliphatic carbocycles. The fourth-order valence-corrected chi connectivity index (χ4v) is 5.56. The molecule has 1 unspecified atom stereocenters. The average Bonchev–Trinajstić information content (AvgIpc) is 2.93. The van der Waals surface area contributed by atoms with Crippen LogP contribution in [0, 0.1) is 18.7 Å². The van der Waals surface area contributed by atoms with Crippen LogP contribution in [0.15, 0.2) is 65.7 Å². The predicted octanol–water partition coefficient (Wildman–Crippen LogP) is 6.59. The topological polar surface area (TPSA) is 65.4 Å². The molecule has 3 aromatic rings. The van der Waals surface area contributed by atoms with Crippen LogP contribution in [0.4, 0.5) is 25.8 Å². The highest BCUT2D eigenvalue weighted by atomic mass is 19.1. The molecule has 0 saturated carbocycles. The number of nitrogens with zero attached hydrogens (tertiary/aromatic N) is 3. The van der Waals surface area contributed by atoms with Gasteiger partial charge in [-0.25, -0.2) is 13.8 Å². The van der Waals surface area contributed by atoms with E-state index in [4.69, 9.17) is 9.73 Å². The number of anilines is 2. The van der Waals surface area contributed by atoms with E-state index in [1.165, 1.54) is 18.7 Å². The van der Waals surface area contributed by atoms with Crippen molar-refractivity contribution in [2.75, 3.05) is 30.0 Å². The zero-order valence-electron chi connectivity index (χ0n) is 21.5. The molecule has 8 heteroatoms. The lowest BCUT2D eigenvalue weighted by atomic mass is 9.89. The minimum atomic E-state index is -1.02. The van der Waals surface area contributed by atoms with Crippen LogP contribution < -0.4 is 14.5 Å². The quantitative estimate of drug-likeness (QED) is 0.381. The molecule has 0 aromatic heterocycles. The van der Waals surface area contributed by atoms with Crippen LogP contribution in [-0.4, -0.2) is 37.1 Å². The van der Waals surface area contributed by atoms with Crippen molar-refractivity contribution >= 4 is 28.9 Å². The van der Waals surface area contributed by atoms with Gasteiger partial charge in [0.25, 0.3) is 0 Å². The maximum Gasteiger partial charge on any atom is 0.305 e. The van der Waals surface area contributed by atoms with Gasteiger partial charge in [-0.05, 0) is 61.2 Å². The van der Waals surface area contributed by atoms with E-state index in [0.29, 0.717) is 28.4 Å². The number of aliphatic carboxylic acids is 1. The third kappa shape index (κ3) is 4.95. The number of benzene rings is 3. The van der Waals surface area contributed by atoms with Crippen molar-refractivity contribution < 1.29 is 23.4 Å². The van der Waals surface area contributed by atoms with Crippen molar-refractivity contribution in [1.82, 2.24) is 0 Å². The van der Waals surface area contributed by atoms with Gasteiger partial charge < -0.3 is 19.6 Å². The summed E-state index contributed by atoms with van der Waals surface area (Å²) in [6, 6.07) is 17.3. The van der Waals surface area contributed by atoms with Gasteiger partial charge in [-0.1, -0.05) is 30.3 Å². The number of alkyl halides is 1. The molecular weight excluding hydrogens is 488 g/mol. The summed E-state index contributed by atoms with van der Waals surface area (Å²) in [5, 5.41) is 9.87. The number of halogens is 2. The van der Waals surface area contributed by atoms with Crippen LogP contribution >= 0.6 is 0 Å². The summed E-state index contributed by atoms with van der Waals surface area (Å²) in [6.45, 7) is 2.94. The molecule has 1 atom stereocenters. The van der Waals surface area contributed by atoms with Crippen molar-refractivity contribution in [2.45, 2.75) is 38.9 Å². The largest absolute Gasteiger partial charge is 0.495 e. The monoisotopic (exact) mass is 519 g/mol. The van der Waals surface area contributed by atoms with Gasteiger partial charge in [-0.2, -0.15) is 0 Å². The number of carboxylic acid groups (broad SMARTS) is 1.